The van der Waals surface area contributed by atoms with Gasteiger partial charge in [0.05, 0.1) is 12.4 Å². The van der Waals surface area contributed by atoms with E-state index in [1.165, 1.54) is 12.4 Å². The van der Waals surface area contributed by atoms with Gasteiger partial charge in [0.2, 0.25) is 0 Å². The van der Waals surface area contributed by atoms with E-state index in [0.717, 1.165) is 0 Å². The van der Waals surface area contributed by atoms with E-state index in [0.29, 0.717) is 12.4 Å². The van der Waals surface area contributed by atoms with Gasteiger partial charge in [0.1, 0.15) is 11.5 Å². The number of nitrogens with two attached hydrogens (primary N) is 1. The molecule has 17 heavy (non-hydrogen) atoms. The van der Waals surface area contributed by atoms with Crippen molar-refractivity contribution in [1.29, 1.82) is 0 Å². The number of rotatable bonds is 4. The number of anilines is 1. The molecule has 0 aromatic carbocycles. The van der Waals surface area contributed by atoms with E-state index < -0.39 is 0 Å². The molecule has 3 N–H and O–H groups in total. The van der Waals surface area contributed by atoms with E-state index in [4.69, 9.17) is 5.73 Å². The van der Waals surface area contributed by atoms with Crippen molar-refractivity contribution in [2.45, 2.75) is 19.4 Å². The molecule has 0 spiro atoms. The van der Waals surface area contributed by atoms with Gasteiger partial charge in [-0.2, -0.15) is 0 Å². The van der Waals surface area contributed by atoms with Gasteiger partial charge in [-0.15, -0.1) is 0 Å². The zero-order valence-electron chi connectivity index (χ0n) is 10.7. The lowest BCUT2D eigenvalue weighted by Gasteiger charge is -2.32. The summed E-state index contributed by atoms with van der Waals surface area (Å²) >= 11 is 0. The summed E-state index contributed by atoms with van der Waals surface area (Å²) in [5.41, 5.74) is 5.56. The Morgan fingerprint density at radius 3 is 2.53 bits per heavy atom. The number of carbonyl (C=O) groups excluding carboxylic acids is 1. The number of hydrogen-bond donors (Lipinski definition) is 2. The maximum Gasteiger partial charge on any atom is 0.271 e. The van der Waals surface area contributed by atoms with Crippen molar-refractivity contribution >= 4 is 11.7 Å². The molecule has 6 nitrogen and oxygen atoms in total. The molecule has 1 rings (SSSR count). The Balaban J connectivity index is 2.59. The van der Waals surface area contributed by atoms with E-state index >= 15 is 0 Å². The quantitative estimate of drug-likeness (QED) is 0.777. The summed E-state index contributed by atoms with van der Waals surface area (Å²) in [6.07, 6.45) is 2.74. The average molecular weight is 237 g/mol. The van der Waals surface area contributed by atoms with E-state index in [-0.39, 0.29) is 17.1 Å². The number of nitrogen functional groups attached to an aromatic ring is 1. The molecule has 0 aliphatic carbocycles. The van der Waals surface area contributed by atoms with Gasteiger partial charge in [-0.05, 0) is 27.9 Å². The van der Waals surface area contributed by atoms with Crippen molar-refractivity contribution in [2.24, 2.45) is 0 Å². The van der Waals surface area contributed by atoms with E-state index in [1.807, 2.05) is 32.8 Å². The summed E-state index contributed by atoms with van der Waals surface area (Å²) in [5, 5.41) is 2.82. The number of nitrogens with zero attached hydrogens (tertiary/aromatic N) is 3. The molecule has 6 heteroatoms. The number of carbonyl (C=O) groups is 1. The van der Waals surface area contributed by atoms with E-state index in [1.54, 1.807) is 0 Å². The first kappa shape index (κ1) is 13.4. The molecule has 0 unspecified atom stereocenters. The first-order chi connectivity index (χ1) is 7.83. The monoisotopic (exact) mass is 237 g/mol. The number of hydrogen-bond acceptors (Lipinski definition) is 5. The van der Waals surface area contributed by atoms with Crippen LogP contribution in [0.2, 0.25) is 0 Å². The van der Waals surface area contributed by atoms with Crippen LogP contribution in [0.5, 0.6) is 0 Å². The summed E-state index contributed by atoms with van der Waals surface area (Å²) < 4.78 is 0. The Morgan fingerprint density at radius 2 is 2.06 bits per heavy atom. The minimum atomic E-state index is -0.243. The Morgan fingerprint density at radius 1 is 1.41 bits per heavy atom. The van der Waals surface area contributed by atoms with Crippen LogP contribution in [0, 0.1) is 0 Å². The molecule has 0 atom stereocenters. The van der Waals surface area contributed by atoms with Crippen molar-refractivity contribution in [3.05, 3.63) is 18.1 Å². The van der Waals surface area contributed by atoms with Gasteiger partial charge < -0.3 is 16.0 Å². The maximum atomic E-state index is 11.8. The van der Waals surface area contributed by atoms with E-state index in [2.05, 4.69) is 15.3 Å². The predicted molar refractivity (Wildman–Crippen MR) is 66.5 cm³/mol. The van der Waals surface area contributed by atoms with E-state index in [9.17, 15) is 4.79 Å². The fourth-order valence-corrected chi connectivity index (χ4v) is 1.00. The van der Waals surface area contributed by atoms with Crippen LogP contribution < -0.4 is 11.1 Å². The Bertz CT molecular complexity index is 385. The smallest absolute Gasteiger partial charge is 0.271 e. The highest BCUT2D eigenvalue weighted by molar-refractivity contribution is 5.92. The van der Waals surface area contributed by atoms with Crippen LogP contribution in [0.1, 0.15) is 24.3 Å². The van der Waals surface area contributed by atoms with Gasteiger partial charge in [0, 0.05) is 12.1 Å². The molecule has 0 saturated heterocycles. The first-order valence-corrected chi connectivity index (χ1v) is 5.36. The molecule has 0 bridgehead atoms. The van der Waals surface area contributed by atoms with Gasteiger partial charge in [-0.25, -0.2) is 9.97 Å². The van der Waals surface area contributed by atoms with Crippen LogP contribution in [0.3, 0.4) is 0 Å². The Labute approximate surface area is 101 Å². The predicted octanol–water partition coefficient (Wildman–Crippen LogP) is 0.129. The molecular weight excluding hydrogens is 218 g/mol. The lowest BCUT2D eigenvalue weighted by atomic mass is 10.0. The van der Waals surface area contributed by atoms with Gasteiger partial charge >= 0.3 is 0 Å². The molecule has 1 amide bonds. The number of amides is 1. The zero-order valence-corrected chi connectivity index (χ0v) is 10.7. The van der Waals surface area contributed by atoms with Crippen LogP contribution in [0.25, 0.3) is 0 Å². The van der Waals surface area contributed by atoms with Gasteiger partial charge in [0.15, 0.2) is 0 Å². The summed E-state index contributed by atoms with van der Waals surface area (Å²) in [5.74, 6) is 0.0580. The summed E-state index contributed by atoms with van der Waals surface area (Å²) in [6, 6.07) is 0. The van der Waals surface area contributed by atoms with Crippen LogP contribution in [0.4, 0.5) is 5.82 Å². The maximum absolute atomic E-state index is 11.8. The summed E-state index contributed by atoms with van der Waals surface area (Å²) in [4.78, 5) is 21.5. The lowest BCUT2D eigenvalue weighted by molar-refractivity contribution is 0.0914. The molecule has 0 aliphatic rings. The number of nitrogens with one attached hydrogen (secondary N) is 1. The second-order valence-corrected chi connectivity index (χ2v) is 4.72. The second-order valence-electron chi connectivity index (χ2n) is 4.72. The van der Waals surface area contributed by atoms with Gasteiger partial charge in [-0.3, -0.25) is 4.79 Å². The fraction of sp³-hybridized carbons (Fsp3) is 0.545. The topological polar surface area (TPSA) is 84.1 Å². The molecule has 94 valence electrons. The Hall–Kier alpha value is -1.69. The minimum Gasteiger partial charge on any atom is -0.382 e. The largest absolute Gasteiger partial charge is 0.382 e. The van der Waals surface area contributed by atoms with Crippen LogP contribution in [-0.2, 0) is 0 Å². The average Bonchev–Trinajstić information content (AvgIpc) is 2.27. The SMILES string of the molecule is CN(C)C(C)(C)CNC(=O)c1cnc(N)cn1. The van der Waals surface area contributed by atoms with Gasteiger partial charge in [0.25, 0.3) is 5.91 Å². The van der Waals surface area contributed by atoms with Crippen molar-refractivity contribution in [3.63, 3.8) is 0 Å². The van der Waals surface area contributed by atoms with Crippen molar-refractivity contribution in [3.8, 4) is 0 Å². The molecule has 0 aliphatic heterocycles. The molecule has 1 heterocycles. The molecule has 0 saturated carbocycles. The number of aromatic nitrogens is 2. The first-order valence-electron chi connectivity index (χ1n) is 5.36. The summed E-state index contributed by atoms with van der Waals surface area (Å²) in [7, 11) is 3.93. The fourth-order valence-electron chi connectivity index (χ4n) is 1.00. The van der Waals surface area contributed by atoms with Crippen molar-refractivity contribution in [2.75, 3.05) is 26.4 Å². The van der Waals surface area contributed by atoms with Gasteiger partial charge in [-0.1, -0.05) is 0 Å². The molecule has 1 aromatic heterocycles. The van der Waals surface area contributed by atoms with Crippen molar-refractivity contribution in [1.82, 2.24) is 20.2 Å². The normalized spacial score (nSPS) is 11.6. The van der Waals surface area contributed by atoms with Crippen LogP contribution >= 0.6 is 0 Å². The summed E-state index contributed by atoms with van der Waals surface area (Å²) in [6.45, 7) is 4.62. The highest BCUT2D eigenvalue weighted by Gasteiger charge is 2.21. The van der Waals surface area contributed by atoms with Crippen LogP contribution in [0.15, 0.2) is 12.4 Å². The third-order valence-electron chi connectivity index (χ3n) is 2.80. The van der Waals surface area contributed by atoms with Crippen molar-refractivity contribution < 1.29 is 4.79 Å². The second kappa shape index (κ2) is 5.09. The molecule has 0 radical (unpaired) electrons. The Kier molecular flexibility index (Phi) is 4.01. The third-order valence-corrected chi connectivity index (χ3v) is 2.80. The standard InChI is InChI=1S/C11H19N5O/c1-11(2,16(3)4)7-15-10(17)8-5-14-9(12)6-13-8/h5-6H,7H2,1-4H3,(H2,12,14)(H,15,17). The molecular formula is C11H19N5O. The molecule has 0 fully saturated rings. The van der Waals surface area contributed by atoms with Crippen LogP contribution in [-0.4, -0.2) is 47.0 Å². The minimum absolute atomic E-state index is 0.114. The zero-order chi connectivity index (χ0) is 13.1. The number of likely N-dealkylation sites (N-methyl/N-ethyl adjacent to an activating group) is 1. The molecule has 1 aromatic rings. The lowest BCUT2D eigenvalue weighted by Crippen LogP contribution is -2.48. The third kappa shape index (κ3) is 3.67. The highest BCUT2D eigenvalue weighted by atomic mass is 16.1. The highest BCUT2D eigenvalue weighted by Crippen LogP contribution is 2.08.